The lowest BCUT2D eigenvalue weighted by Crippen LogP contribution is -1.96. The van der Waals surface area contributed by atoms with Crippen LogP contribution in [0.4, 0.5) is 16.0 Å². The quantitative estimate of drug-likeness (QED) is 0.605. The molecule has 4 aromatic rings. The number of hydrogen-bond acceptors (Lipinski definition) is 4. The van der Waals surface area contributed by atoms with E-state index in [0.29, 0.717) is 17.3 Å². The van der Waals surface area contributed by atoms with Crippen LogP contribution in [0, 0.1) is 5.82 Å². The first-order valence-electron chi connectivity index (χ1n) is 7.76. The van der Waals surface area contributed by atoms with Crippen molar-refractivity contribution < 1.29 is 9.13 Å². The summed E-state index contributed by atoms with van der Waals surface area (Å²) in [6.07, 6.45) is 0. The van der Waals surface area contributed by atoms with Crippen LogP contribution in [0.15, 0.2) is 66.7 Å². The molecule has 0 fully saturated rings. The molecule has 0 aliphatic heterocycles. The van der Waals surface area contributed by atoms with Gasteiger partial charge in [0.05, 0.1) is 12.8 Å². The van der Waals surface area contributed by atoms with Crippen LogP contribution in [-0.2, 0) is 0 Å². The van der Waals surface area contributed by atoms with Crippen molar-refractivity contribution in [3.05, 3.63) is 72.5 Å². The molecule has 5 nitrogen and oxygen atoms in total. The Balaban J connectivity index is 1.73. The number of anilines is 2. The van der Waals surface area contributed by atoms with E-state index in [1.807, 2.05) is 42.5 Å². The van der Waals surface area contributed by atoms with Crippen LogP contribution in [0.1, 0.15) is 0 Å². The van der Waals surface area contributed by atoms with Gasteiger partial charge in [0.1, 0.15) is 11.6 Å². The smallest absolute Gasteiger partial charge is 0.247 e. The van der Waals surface area contributed by atoms with Crippen molar-refractivity contribution in [3.8, 4) is 17.0 Å². The van der Waals surface area contributed by atoms with E-state index >= 15 is 0 Å². The average Bonchev–Trinajstić information content (AvgIpc) is 3.04. The van der Waals surface area contributed by atoms with Crippen molar-refractivity contribution in [3.63, 3.8) is 0 Å². The standard InChI is InChI=1S/C19H15FN4O/c1-25-16-10-8-13(9-11-16)17-6-3-7-18-22-19(23-24(17)18)21-15-5-2-4-14(20)12-15/h2-12H,1H3,(H,21,23). The van der Waals surface area contributed by atoms with E-state index < -0.39 is 0 Å². The van der Waals surface area contributed by atoms with Crippen molar-refractivity contribution in [1.82, 2.24) is 14.6 Å². The minimum absolute atomic E-state index is 0.312. The minimum Gasteiger partial charge on any atom is -0.497 e. The second-order valence-corrected chi connectivity index (χ2v) is 5.48. The Bertz CT molecular complexity index is 1030. The first kappa shape index (κ1) is 15.1. The predicted molar refractivity (Wildman–Crippen MR) is 94.7 cm³/mol. The fourth-order valence-electron chi connectivity index (χ4n) is 2.63. The van der Waals surface area contributed by atoms with Crippen LogP contribution in [0.25, 0.3) is 16.9 Å². The Labute approximate surface area is 143 Å². The van der Waals surface area contributed by atoms with Crippen molar-refractivity contribution in [2.45, 2.75) is 0 Å². The summed E-state index contributed by atoms with van der Waals surface area (Å²) >= 11 is 0. The Morgan fingerprint density at radius 1 is 1.00 bits per heavy atom. The topological polar surface area (TPSA) is 51.5 Å². The van der Waals surface area contributed by atoms with Crippen molar-refractivity contribution in [1.29, 1.82) is 0 Å². The number of nitrogens with zero attached hydrogens (tertiary/aromatic N) is 3. The molecule has 6 heteroatoms. The molecule has 1 N–H and O–H groups in total. The molecule has 0 aliphatic carbocycles. The highest BCUT2D eigenvalue weighted by Gasteiger charge is 2.09. The summed E-state index contributed by atoms with van der Waals surface area (Å²) in [5, 5.41) is 7.53. The molecule has 25 heavy (non-hydrogen) atoms. The van der Waals surface area contributed by atoms with E-state index in [4.69, 9.17) is 4.74 Å². The zero-order valence-electron chi connectivity index (χ0n) is 13.5. The van der Waals surface area contributed by atoms with Crippen LogP contribution in [0.5, 0.6) is 5.75 Å². The van der Waals surface area contributed by atoms with E-state index in [9.17, 15) is 4.39 Å². The van der Waals surface area contributed by atoms with Crippen LogP contribution < -0.4 is 10.1 Å². The zero-order chi connectivity index (χ0) is 17.2. The first-order valence-corrected chi connectivity index (χ1v) is 7.76. The van der Waals surface area contributed by atoms with Crippen molar-refractivity contribution >= 4 is 17.3 Å². The fraction of sp³-hybridized carbons (Fsp3) is 0.0526. The fourth-order valence-corrected chi connectivity index (χ4v) is 2.63. The van der Waals surface area contributed by atoms with Gasteiger partial charge in [0.2, 0.25) is 5.95 Å². The zero-order valence-corrected chi connectivity index (χ0v) is 13.5. The van der Waals surface area contributed by atoms with Gasteiger partial charge < -0.3 is 10.1 Å². The average molecular weight is 334 g/mol. The van der Waals surface area contributed by atoms with E-state index in [1.165, 1.54) is 12.1 Å². The SMILES string of the molecule is COc1ccc(-c2cccc3nc(Nc4cccc(F)c4)nn23)cc1. The Morgan fingerprint density at radius 2 is 1.80 bits per heavy atom. The molecule has 0 radical (unpaired) electrons. The molecule has 2 aromatic heterocycles. The second kappa shape index (κ2) is 6.24. The predicted octanol–water partition coefficient (Wildman–Crippen LogP) is 4.29. The number of aromatic nitrogens is 3. The number of methoxy groups -OCH3 is 1. The Kier molecular flexibility index (Phi) is 3.78. The normalized spacial score (nSPS) is 10.8. The van der Waals surface area contributed by atoms with Gasteiger partial charge in [-0.25, -0.2) is 8.91 Å². The first-order chi connectivity index (χ1) is 12.2. The number of fused-ring (bicyclic) bond motifs is 1. The van der Waals surface area contributed by atoms with Gasteiger partial charge in [0.15, 0.2) is 5.65 Å². The molecule has 0 aliphatic rings. The summed E-state index contributed by atoms with van der Waals surface area (Å²) in [6, 6.07) is 19.7. The maximum absolute atomic E-state index is 13.3. The van der Waals surface area contributed by atoms with E-state index in [2.05, 4.69) is 15.4 Å². The van der Waals surface area contributed by atoms with Gasteiger partial charge in [-0.3, -0.25) is 0 Å². The van der Waals surface area contributed by atoms with Crippen LogP contribution in [0.2, 0.25) is 0 Å². The van der Waals surface area contributed by atoms with Gasteiger partial charge in [-0.1, -0.05) is 12.1 Å². The highest BCUT2D eigenvalue weighted by molar-refractivity contribution is 5.65. The largest absolute Gasteiger partial charge is 0.497 e. The number of halogens is 1. The van der Waals surface area contributed by atoms with E-state index in [-0.39, 0.29) is 5.82 Å². The van der Waals surface area contributed by atoms with Gasteiger partial charge in [-0.2, -0.15) is 4.98 Å². The number of nitrogens with one attached hydrogen (secondary N) is 1. The molecule has 0 saturated carbocycles. The van der Waals surface area contributed by atoms with Gasteiger partial charge in [0, 0.05) is 11.3 Å². The van der Waals surface area contributed by atoms with Crippen molar-refractivity contribution in [2.75, 3.05) is 12.4 Å². The third-order valence-electron chi connectivity index (χ3n) is 3.83. The number of ether oxygens (including phenoxy) is 1. The summed E-state index contributed by atoms with van der Waals surface area (Å²) in [4.78, 5) is 4.45. The van der Waals surface area contributed by atoms with Gasteiger partial charge in [0.25, 0.3) is 0 Å². The molecular weight excluding hydrogens is 319 g/mol. The monoisotopic (exact) mass is 334 g/mol. The molecule has 0 saturated heterocycles. The summed E-state index contributed by atoms with van der Waals surface area (Å²) in [5.74, 6) is 0.891. The van der Waals surface area contributed by atoms with Crippen LogP contribution in [0.3, 0.4) is 0 Å². The lowest BCUT2D eigenvalue weighted by molar-refractivity contribution is 0.415. The van der Waals surface area contributed by atoms with Gasteiger partial charge >= 0.3 is 0 Å². The molecule has 2 heterocycles. The number of benzene rings is 2. The third-order valence-corrected chi connectivity index (χ3v) is 3.83. The summed E-state index contributed by atoms with van der Waals surface area (Å²) in [7, 11) is 1.64. The van der Waals surface area contributed by atoms with Gasteiger partial charge in [-0.15, -0.1) is 5.10 Å². The summed E-state index contributed by atoms with van der Waals surface area (Å²) < 4.78 is 20.3. The highest BCUT2D eigenvalue weighted by atomic mass is 19.1. The second-order valence-electron chi connectivity index (χ2n) is 5.48. The number of hydrogen-bond donors (Lipinski definition) is 1. The molecule has 0 spiro atoms. The molecule has 2 aromatic carbocycles. The van der Waals surface area contributed by atoms with E-state index in [0.717, 1.165) is 17.0 Å². The lowest BCUT2D eigenvalue weighted by Gasteiger charge is -2.05. The lowest BCUT2D eigenvalue weighted by atomic mass is 10.1. The van der Waals surface area contributed by atoms with Crippen LogP contribution in [-0.4, -0.2) is 21.7 Å². The highest BCUT2D eigenvalue weighted by Crippen LogP contribution is 2.24. The molecule has 0 bridgehead atoms. The van der Waals surface area contributed by atoms with Crippen LogP contribution >= 0.6 is 0 Å². The van der Waals surface area contributed by atoms with Gasteiger partial charge in [-0.05, 0) is 54.6 Å². The Morgan fingerprint density at radius 3 is 2.56 bits per heavy atom. The van der Waals surface area contributed by atoms with E-state index in [1.54, 1.807) is 23.8 Å². The maximum atomic E-state index is 13.3. The summed E-state index contributed by atoms with van der Waals surface area (Å²) in [6.45, 7) is 0. The number of pyridine rings is 1. The Hall–Kier alpha value is -3.41. The molecule has 0 unspecified atom stereocenters. The summed E-state index contributed by atoms with van der Waals surface area (Å²) in [5.41, 5.74) is 3.20. The van der Waals surface area contributed by atoms with Crippen molar-refractivity contribution in [2.24, 2.45) is 0 Å². The molecular formula is C19H15FN4O. The minimum atomic E-state index is -0.312. The molecule has 124 valence electrons. The number of rotatable bonds is 4. The molecule has 4 rings (SSSR count). The third kappa shape index (κ3) is 3.01. The molecule has 0 atom stereocenters. The molecule has 0 amide bonds. The maximum Gasteiger partial charge on any atom is 0.247 e.